The van der Waals surface area contributed by atoms with Crippen molar-refractivity contribution in [2.45, 2.75) is 33.6 Å². The average molecular weight is 353 g/mol. The lowest BCUT2D eigenvalue weighted by molar-refractivity contribution is 0.0349. The van der Waals surface area contributed by atoms with Crippen LogP contribution in [0.3, 0.4) is 0 Å². The first-order valence-corrected chi connectivity index (χ1v) is 6.64. The smallest absolute Gasteiger partial charge is 0.414 e. The lowest BCUT2D eigenvalue weighted by atomic mass is 10.5. The summed E-state index contributed by atoms with van der Waals surface area (Å²) >= 11 is 32.8. The third-order valence-electron chi connectivity index (χ3n) is 1.18. The van der Waals surface area contributed by atoms with Crippen LogP contribution in [0.5, 0.6) is 0 Å². The van der Waals surface area contributed by atoms with Crippen molar-refractivity contribution in [1.82, 2.24) is 0 Å². The number of halogens is 6. The molecule has 0 aromatic rings. The zero-order valence-corrected chi connectivity index (χ0v) is 12.3. The summed E-state index contributed by atoms with van der Waals surface area (Å²) in [5.74, 6) is 0. The third kappa shape index (κ3) is 10.2. The summed E-state index contributed by atoms with van der Waals surface area (Å²) in [5, 5.41) is 0. The van der Waals surface area contributed by atoms with Crippen LogP contribution in [0.2, 0.25) is 0 Å². The minimum absolute atomic E-state index is 0.0698. The number of ether oxygens (including phenoxy) is 2. The molecule has 0 N–H and O–H groups in total. The Hall–Kier alpha value is 1.01. The number of carbonyl (C=O) groups excluding carboxylic acids is 1. The lowest BCUT2D eigenvalue weighted by Gasteiger charge is -2.14. The van der Waals surface area contributed by atoms with Crippen LogP contribution in [0.15, 0.2) is 0 Å². The Morgan fingerprint density at radius 2 is 1.12 bits per heavy atom. The molecule has 0 heterocycles. The quantitative estimate of drug-likeness (QED) is 0.515. The average Bonchev–Trinajstić information content (AvgIpc) is 1.97. The predicted molar refractivity (Wildman–Crippen MR) is 67.1 cm³/mol. The molecule has 0 aliphatic heterocycles. The molecule has 16 heavy (non-hydrogen) atoms. The van der Waals surface area contributed by atoms with Gasteiger partial charge in [-0.05, 0) is 0 Å². The fourth-order valence-corrected chi connectivity index (χ4v) is 2.13. The summed E-state index contributed by atoms with van der Waals surface area (Å²) < 4.78 is 9.16. The van der Waals surface area contributed by atoms with Gasteiger partial charge in [-0.25, -0.2) is 4.79 Å². The summed E-state index contributed by atoms with van der Waals surface area (Å²) in [4.78, 5) is 9.56. The highest BCUT2D eigenvalue weighted by Crippen LogP contribution is 2.19. The predicted octanol–water partition coefficient (Wildman–Crippen LogP) is 4.66. The van der Waals surface area contributed by atoms with Crippen LogP contribution in [0, 0.1) is 0 Å². The van der Waals surface area contributed by atoms with E-state index < -0.39 is 27.0 Å². The van der Waals surface area contributed by atoms with Gasteiger partial charge in [0.15, 0.2) is 11.1 Å². The second kappa shape index (κ2) is 9.01. The highest BCUT2D eigenvalue weighted by atomic mass is 35.5. The third-order valence-corrected chi connectivity index (χ3v) is 2.42. The van der Waals surface area contributed by atoms with E-state index in [0.717, 1.165) is 0 Å². The van der Waals surface area contributed by atoms with Gasteiger partial charge in [-0.3, -0.25) is 0 Å². The largest absolute Gasteiger partial charge is 0.511 e. The van der Waals surface area contributed by atoms with Crippen molar-refractivity contribution in [2.24, 2.45) is 0 Å². The van der Waals surface area contributed by atoms with Gasteiger partial charge in [0.1, 0.15) is 9.67 Å². The van der Waals surface area contributed by atoms with E-state index >= 15 is 0 Å². The van der Waals surface area contributed by atoms with Gasteiger partial charge in [0.25, 0.3) is 0 Å². The fourth-order valence-electron chi connectivity index (χ4n) is 0.613. The fraction of sp³-hybridized carbons (Fsp3) is 0.857. The first-order valence-electron chi connectivity index (χ1n) is 4.03. The van der Waals surface area contributed by atoms with Crippen molar-refractivity contribution < 1.29 is 14.3 Å². The van der Waals surface area contributed by atoms with Gasteiger partial charge in [0, 0.05) is 12.8 Å². The van der Waals surface area contributed by atoms with Crippen LogP contribution < -0.4 is 0 Å². The zero-order chi connectivity index (χ0) is 12.7. The second-order valence-corrected chi connectivity index (χ2v) is 6.09. The van der Waals surface area contributed by atoms with Gasteiger partial charge in [-0.15, -0.1) is 46.4 Å². The molecule has 2 atom stereocenters. The standard InChI is InChI=1S/C7H8Cl6O3/c8-3(9)1-5(12)15-7(14)16-6(13)2-4(10)11/h3-6H,1-2H2. The number of hydrogen-bond donors (Lipinski definition) is 0. The molecule has 0 aromatic carbocycles. The molecule has 0 saturated heterocycles. The normalized spacial score (nSPS) is 15.0. The van der Waals surface area contributed by atoms with E-state index in [0.29, 0.717) is 0 Å². The molecule has 0 aliphatic carbocycles. The summed E-state index contributed by atoms with van der Waals surface area (Å²) in [6.45, 7) is 0. The molecular formula is C7H8Cl6O3. The molecule has 0 rings (SSSR count). The summed E-state index contributed by atoms with van der Waals surface area (Å²) in [6, 6.07) is 0. The molecule has 9 heteroatoms. The van der Waals surface area contributed by atoms with Gasteiger partial charge in [0.05, 0.1) is 0 Å². The molecule has 0 bridgehead atoms. The van der Waals surface area contributed by atoms with Crippen molar-refractivity contribution in [2.75, 3.05) is 0 Å². The van der Waals surface area contributed by atoms with Crippen molar-refractivity contribution in [3.05, 3.63) is 0 Å². The Kier molecular flexibility index (Phi) is 9.58. The van der Waals surface area contributed by atoms with Crippen LogP contribution >= 0.6 is 69.6 Å². The highest BCUT2D eigenvalue weighted by molar-refractivity contribution is 6.45. The van der Waals surface area contributed by atoms with Gasteiger partial charge < -0.3 is 9.47 Å². The van der Waals surface area contributed by atoms with E-state index in [1.165, 1.54) is 0 Å². The molecule has 0 amide bonds. The van der Waals surface area contributed by atoms with Gasteiger partial charge in [0.2, 0.25) is 0 Å². The topological polar surface area (TPSA) is 35.5 Å². The molecule has 0 fully saturated rings. The summed E-state index contributed by atoms with van der Waals surface area (Å²) in [6.07, 6.45) is -0.899. The minimum Gasteiger partial charge on any atom is -0.414 e. The molecule has 96 valence electrons. The van der Waals surface area contributed by atoms with Crippen molar-refractivity contribution in [3.63, 3.8) is 0 Å². The van der Waals surface area contributed by atoms with E-state index in [-0.39, 0.29) is 12.8 Å². The van der Waals surface area contributed by atoms with E-state index in [1.807, 2.05) is 0 Å². The Labute approximate surface area is 123 Å². The maximum absolute atomic E-state index is 11.0. The maximum Gasteiger partial charge on any atom is 0.511 e. The van der Waals surface area contributed by atoms with Gasteiger partial charge in [-0.2, -0.15) is 0 Å². The number of alkyl halides is 6. The first kappa shape index (κ1) is 17.0. The van der Waals surface area contributed by atoms with Crippen molar-refractivity contribution in [3.8, 4) is 0 Å². The van der Waals surface area contributed by atoms with Gasteiger partial charge >= 0.3 is 6.16 Å². The van der Waals surface area contributed by atoms with Crippen LogP contribution in [-0.4, -0.2) is 27.0 Å². The van der Waals surface area contributed by atoms with Crippen LogP contribution in [0.1, 0.15) is 12.8 Å². The number of hydrogen-bond acceptors (Lipinski definition) is 3. The van der Waals surface area contributed by atoms with Crippen LogP contribution in [-0.2, 0) is 9.47 Å². The van der Waals surface area contributed by atoms with E-state index in [2.05, 4.69) is 9.47 Å². The molecule has 2 unspecified atom stereocenters. The van der Waals surface area contributed by atoms with Crippen molar-refractivity contribution >= 4 is 75.8 Å². The molecule has 0 radical (unpaired) electrons. The second-order valence-electron chi connectivity index (χ2n) is 2.56. The van der Waals surface area contributed by atoms with Crippen LogP contribution in [0.25, 0.3) is 0 Å². The van der Waals surface area contributed by atoms with Gasteiger partial charge in [-0.1, -0.05) is 23.2 Å². The number of rotatable bonds is 6. The Morgan fingerprint density at radius 3 is 1.38 bits per heavy atom. The zero-order valence-electron chi connectivity index (χ0n) is 7.72. The van der Waals surface area contributed by atoms with Crippen LogP contribution in [0.4, 0.5) is 4.79 Å². The minimum atomic E-state index is -1.04. The molecular weight excluding hydrogens is 345 g/mol. The lowest BCUT2D eigenvalue weighted by Crippen LogP contribution is -2.20. The van der Waals surface area contributed by atoms with E-state index in [9.17, 15) is 4.79 Å². The molecule has 0 aliphatic rings. The Morgan fingerprint density at radius 1 is 0.812 bits per heavy atom. The molecule has 0 spiro atoms. The summed E-state index contributed by atoms with van der Waals surface area (Å²) in [5.41, 5.74) is -1.97. The van der Waals surface area contributed by atoms with E-state index in [4.69, 9.17) is 69.6 Å². The first-order chi connectivity index (χ1) is 7.31. The molecule has 3 nitrogen and oxygen atoms in total. The SMILES string of the molecule is O=C(OC(Cl)CC(Cl)Cl)OC(Cl)CC(Cl)Cl. The Bertz CT molecular complexity index is 192. The number of carbonyl (C=O) groups is 1. The highest BCUT2D eigenvalue weighted by Gasteiger charge is 2.20. The van der Waals surface area contributed by atoms with E-state index in [1.54, 1.807) is 0 Å². The Balaban J connectivity index is 3.80. The maximum atomic E-state index is 11.0. The summed E-state index contributed by atoms with van der Waals surface area (Å²) in [7, 11) is 0. The molecule has 0 saturated carbocycles. The molecule has 0 aromatic heterocycles. The monoisotopic (exact) mass is 350 g/mol. The van der Waals surface area contributed by atoms with Crippen molar-refractivity contribution in [1.29, 1.82) is 0 Å².